The first kappa shape index (κ1) is 15.1. The maximum Gasteiger partial charge on any atom is 0.328 e. The monoisotopic (exact) mass is 267 g/mol. The quantitative estimate of drug-likeness (QED) is 0.826. The molecule has 0 bridgehead atoms. The molecule has 0 aliphatic heterocycles. The van der Waals surface area contributed by atoms with Crippen LogP contribution < -0.4 is 5.32 Å². The molecule has 1 atom stereocenters. The van der Waals surface area contributed by atoms with Crippen LogP contribution in [0.5, 0.6) is 0 Å². The predicted molar refractivity (Wildman–Crippen MR) is 68.9 cm³/mol. The van der Waals surface area contributed by atoms with E-state index in [2.05, 4.69) is 10.1 Å². The minimum atomic E-state index is -0.759. The van der Waals surface area contributed by atoms with Crippen LogP contribution in [-0.4, -0.2) is 25.0 Å². The Labute approximate surface area is 112 Å². The third kappa shape index (κ3) is 4.69. The maximum absolute atomic E-state index is 12.8. The van der Waals surface area contributed by atoms with E-state index in [0.29, 0.717) is 0 Å². The first-order valence-electron chi connectivity index (χ1n) is 6.06. The van der Waals surface area contributed by atoms with E-state index in [-0.39, 0.29) is 24.1 Å². The molecule has 0 spiro atoms. The molecular formula is C14H18FNO3. The molecule has 0 aromatic heterocycles. The summed E-state index contributed by atoms with van der Waals surface area (Å²) in [5.74, 6) is -1.30. The van der Waals surface area contributed by atoms with Crippen molar-refractivity contribution in [1.82, 2.24) is 5.32 Å². The highest BCUT2D eigenvalue weighted by Gasteiger charge is 2.22. The van der Waals surface area contributed by atoms with E-state index in [0.717, 1.165) is 5.56 Å². The minimum absolute atomic E-state index is 0.222. The van der Waals surface area contributed by atoms with Gasteiger partial charge in [0, 0.05) is 12.3 Å². The summed E-state index contributed by atoms with van der Waals surface area (Å²) in [7, 11) is 1.27. The normalized spacial score (nSPS) is 12.1. The van der Waals surface area contributed by atoms with Gasteiger partial charge in [-0.1, -0.05) is 26.0 Å². The van der Waals surface area contributed by atoms with Gasteiger partial charge in [-0.3, -0.25) is 4.79 Å². The molecule has 0 radical (unpaired) electrons. The van der Waals surface area contributed by atoms with Crippen LogP contribution in [0.15, 0.2) is 24.3 Å². The molecule has 0 aliphatic carbocycles. The summed E-state index contributed by atoms with van der Waals surface area (Å²) >= 11 is 0. The lowest BCUT2D eigenvalue weighted by atomic mass is 10.0. The van der Waals surface area contributed by atoms with E-state index in [9.17, 15) is 14.0 Å². The van der Waals surface area contributed by atoms with Crippen molar-refractivity contribution in [1.29, 1.82) is 0 Å². The van der Waals surface area contributed by atoms with Gasteiger partial charge in [-0.2, -0.15) is 0 Å². The zero-order chi connectivity index (χ0) is 14.4. The Bertz CT molecular complexity index is 443. The number of amides is 1. The van der Waals surface area contributed by atoms with Crippen molar-refractivity contribution < 1.29 is 18.7 Å². The van der Waals surface area contributed by atoms with Crippen LogP contribution >= 0.6 is 0 Å². The Morgan fingerprint density at radius 3 is 2.32 bits per heavy atom. The van der Waals surface area contributed by atoms with Gasteiger partial charge >= 0.3 is 5.97 Å². The van der Waals surface area contributed by atoms with Gasteiger partial charge in [0.05, 0.1) is 7.11 Å². The van der Waals surface area contributed by atoms with Crippen LogP contribution in [-0.2, 0) is 20.7 Å². The number of ether oxygens (including phenoxy) is 1. The fourth-order valence-corrected chi connectivity index (χ4v) is 1.53. The van der Waals surface area contributed by atoms with Gasteiger partial charge in [-0.05, 0) is 17.7 Å². The first-order chi connectivity index (χ1) is 8.93. The highest BCUT2D eigenvalue weighted by molar-refractivity contribution is 5.85. The van der Waals surface area contributed by atoms with Crippen molar-refractivity contribution in [3.63, 3.8) is 0 Å². The predicted octanol–water partition coefficient (Wildman–Crippen LogP) is 1.68. The number of carbonyl (C=O) groups excluding carboxylic acids is 2. The fourth-order valence-electron chi connectivity index (χ4n) is 1.53. The Kier molecular flexibility index (Phi) is 5.48. The van der Waals surface area contributed by atoms with Crippen molar-refractivity contribution in [3.05, 3.63) is 35.6 Å². The van der Waals surface area contributed by atoms with E-state index in [1.807, 2.05) is 0 Å². The summed E-state index contributed by atoms with van der Waals surface area (Å²) in [6.45, 7) is 3.48. The van der Waals surface area contributed by atoms with E-state index < -0.39 is 12.0 Å². The number of nitrogens with one attached hydrogen (secondary N) is 1. The number of rotatable bonds is 5. The highest BCUT2D eigenvalue weighted by atomic mass is 19.1. The average Bonchev–Trinajstić information content (AvgIpc) is 2.39. The lowest BCUT2D eigenvalue weighted by Gasteiger charge is -2.17. The van der Waals surface area contributed by atoms with Gasteiger partial charge < -0.3 is 10.1 Å². The molecule has 0 unspecified atom stereocenters. The molecule has 0 saturated heterocycles. The summed E-state index contributed by atoms with van der Waals surface area (Å²) in [5.41, 5.74) is 0.751. The van der Waals surface area contributed by atoms with Crippen LogP contribution in [0.4, 0.5) is 4.39 Å². The SMILES string of the molecule is COC(=O)[C@H](Cc1ccc(F)cc1)NC(=O)C(C)C. The van der Waals surface area contributed by atoms with Gasteiger partial charge in [-0.25, -0.2) is 9.18 Å². The topological polar surface area (TPSA) is 55.4 Å². The molecule has 4 nitrogen and oxygen atoms in total. The molecule has 1 aromatic carbocycles. The second-order valence-corrected chi connectivity index (χ2v) is 4.57. The Hall–Kier alpha value is -1.91. The minimum Gasteiger partial charge on any atom is -0.467 e. The largest absolute Gasteiger partial charge is 0.467 e. The molecule has 1 rings (SSSR count). The van der Waals surface area contributed by atoms with E-state index in [4.69, 9.17) is 0 Å². The third-order valence-electron chi connectivity index (χ3n) is 2.68. The van der Waals surface area contributed by atoms with Crippen LogP contribution in [0.2, 0.25) is 0 Å². The summed E-state index contributed by atoms with van der Waals surface area (Å²) < 4.78 is 17.5. The molecule has 1 aromatic rings. The number of benzene rings is 1. The summed E-state index contributed by atoms with van der Waals surface area (Å²) in [5, 5.41) is 2.62. The Balaban J connectivity index is 2.77. The van der Waals surface area contributed by atoms with Crippen LogP contribution in [0.3, 0.4) is 0 Å². The summed E-state index contributed by atoms with van der Waals surface area (Å²) in [4.78, 5) is 23.3. The van der Waals surface area contributed by atoms with Crippen LogP contribution in [0.1, 0.15) is 19.4 Å². The molecule has 0 heterocycles. The van der Waals surface area contributed by atoms with Gasteiger partial charge in [0.25, 0.3) is 0 Å². The zero-order valence-corrected chi connectivity index (χ0v) is 11.3. The summed E-state index contributed by atoms with van der Waals surface area (Å²) in [6.07, 6.45) is 0.269. The standard InChI is InChI=1S/C14H18FNO3/c1-9(2)13(17)16-12(14(18)19-3)8-10-4-6-11(15)7-5-10/h4-7,9,12H,8H2,1-3H3,(H,16,17)/t12-/m0/s1. The fraction of sp³-hybridized carbons (Fsp3) is 0.429. The molecule has 19 heavy (non-hydrogen) atoms. The highest BCUT2D eigenvalue weighted by Crippen LogP contribution is 2.07. The van der Waals surface area contributed by atoms with Crippen molar-refractivity contribution in [2.75, 3.05) is 7.11 Å². The van der Waals surface area contributed by atoms with Crippen LogP contribution in [0, 0.1) is 11.7 Å². The van der Waals surface area contributed by atoms with Crippen molar-refractivity contribution >= 4 is 11.9 Å². The maximum atomic E-state index is 12.8. The van der Waals surface area contributed by atoms with Crippen molar-refractivity contribution in [2.45, 2.75) is 26.3 Å². The smallest absolute Gasteiger partial charge is 0.328 e. The van der Waals surface area contributed by atoms with Crippen molar-refractivity contribution in [3.8, 4) is 0 Å². The van der Waals surface area contributed by atoms with Gasteiger partial charge in [0.1, 0.15) is 11.9 Å². The summed E-state index contributed by atoms with van der Waals surface area (Å²) in [6, 6.07) is 5.02. The van der Waals surface area contributed by atoms with Crippen LogP contribution in [0.25, 0.3) is 0 Å². The number of hydrogen-bond donors (Lipinski definition) is 1. The molecular weight excluding hydrogens is 249 g/mol. The second-order valence-electron chi connectivity index (χ2n) is 4.57. The lowest BCUT2D eigenvalue weighted by molar-refractivity contribution is -0.145. The first-order valence-corrected chi connectivity index (χ1v) is 6.06. The molecule has 0 aliphatic rings. The molecule has 5 heteroatoms. The molecule has 0 fully saturated rings. The Morgan fingerprint density at radius 1 is 1.26 bits per heavy atom. The third-order valence-corrected chi connectivity index (χ3v) is 2.68. The lowest BCUT2D eigenvalue weighted by Crippen LogP contribution is -2.44. The van der Waals surface area contributed by atoms with Crippen molar-refractivity contribution in [2.24, 2.45) is 5.92 Å². The molecule has 1 N–H and O–H groups in total. The zero-order valence-electron chi connectivity index (χ0n) is 11.3. The molecule has 104 valence electrons. The molecule has 0 saturated carbocycles. The van der Waals surface area contributed by atoms with E-state index >= 15 is 0 Å². The van der Waals surface area contributed by atoms with E-state index in [1.165, 1.54) is 19.2 Å². The Morgan fingerprint density at radius 2 is 1.84 bits per heavy atom. The van der Waals surface area contributed by atoms with Gasteiger partial charge in [-0.15, -0.1) is 0 Å². The number of carbonyl (C=O) groups is 2. The number of methoxy groups -OCH3 is 1. The van der Waals surface area contributed by atoms with Gasteiger partial charge in [0.15, 0.2) is 0 Å². The number of halogens is 1. The number of esters is 1. The average molecular weight is 267 g/mol. The van der Waals surface area contributed by atoms with Gasteiger partial charge in [0.2, 0.25) is 5.91 Å². The number of hydrogen-bond acceptors (Lipinski definition) is 3. The molecule has 1 amide bonds. The van der Waals surface area contributed by atoms with E-state index in [1.54, 1.807) is 26.0 Å². The second kappa shape index (κ2) is 6.87.